The maximum atomic E-state index is 13.4. The zero-order chi connectivity index (χ0) is 28.6. The topological polar surface area (TPSA) is 138 Å². The molecule has 0 saturated carbocycles. The minimum atomic E-state index is -0.958. The number of esters is 2. The van der Waals surface area contributed by atoms with Crippen LogP contribution in [0.5, 0.6) is 5.75 Å². The number of rotatable bonds is 11. The van der Waals surface area contributed by atoms with E-state index in [0.29, 0.717) is 11.3 Å². The van der Waals surface area contributed by atoms with E-state index in [-0.39, 0.29) is 48.2 Å². The molecule has 0 spiro atoms. The zero-order valence-corrected chi connectivity index (χ0v) is 22.5. The van der Waals surface area contributed by atoms with Crippen molar-refractivity contribution in [2.24, 2.45) is 0 Å². The molecule has 0 bridgehead atoms. The van der Waals surface area contributed by atoms with Crippen LogP contribution in [0.2, 0.25) is 0 Å². The standard InChI is InChI=1S/C28H26N2O9S/c1-17(32)38-14-21-22(15-37-16-31)40-27-24(29-23(33)12-18-6-4-3-5-7-18)26(34)30(27)25(21)28(35)39-13-19-8-10-20(36-2)11-9-19/h3-11,15-16,24,27H,12-14H2,1-2H3,(H,29,33)/t24?,27-/m1/s1. The first-order valence-electron chi connectivity index (χ1n) is 12.1. The summed E-state index contributed by atoms with van der Waals surface area (Å²) >= 11 is 1.08. The number of hydrogen-bond donors (Lipinski definition) is 1. The second-order valence-electron chi connectivity index (χ2n) is 8.67. The largest absolute Gasteiger partial charge is 0.497 e. The normalized spacial score (nSPS) is 18.8. The maximum absolute atomic E-state index is 13.4. The summed E-state index contributed by atoms with van der Waals surface area (Å²) in [5.74, 6) is -1.77. The van der Waals surface area contributed by atoms with Crippen LogP contribution in [0.4, 0.5) is 0 Å². The Kier molecular flexibility index (Phi) is 9.23. The van der Waals surface area contributed by atoms with Gasteiger partial charge in [-0.3, -0.25) is 24.1 Å². The van der Waals surface area contributed by atoms with Crippen LogP contribution in [0.1, 0.15) is 18.1 Å². The number of methoxy groups -OCH3 is 1. The predicted molar refractivity (Wildman–Crippen MR) is 142 cm³/mol. The number of carbonyl (C=O) groups is 5. The minimum Gasteiger partial charge on any atom is -0.497 e. The van der Waals surface area contributed by atoms with E-state index in [0.717, 1.165) is 23.6 Å². The predicted octanol–water partition coefficient (Wildman–Crippen LogP) is 2.21. The van der Waals surface area contributed by atoms with Crippen molar-refractivity contribution in [2.45, 2.75) is 31.4 Å². The SMILES string of the molecule is COc1ccc(COC(=O)C2=C(COC(C)=O)C(=COC=O)S[C@@H]3C(NC(=O)Cc4ccccc4)C(=O)N23)cc1. The fourth-order valence-electron chi connectivity index (χ4n) is 4.09. The van der Waals surface area contributed by atoms with E-state index in [4.69, 9.17) is 18.9 Å². The second kappa shape index (κ2) is 13.0. The summed E-state index contributed by atoms with van der Waals surface area (Å²) in [5.41, 5.74) is 1.39. The third kappa shape index (κ3) is 6.52. The molecule has 1 fully saturated rings. The summed E-state index contributed by atoms with van der Waals surface area (Å²) in [5, 5.41) is 1.99. The second-order valence-corrected chi connectivity index (χ2v) is 9.83. The van der Waals surface area contributed by atoms with E-state index in [9.17, 15) is 24.0 Å². The van der Waals surface area contributed by atoms with Crippen molar-refractivity contribution in [3.63, 3.8) is 0 Å². The Balaban J connectivity index is 1.60. The van der Waals surface area contributed by atoms with Gasteiger partial charge in [0.05, 0.1) is 18.4 Å². The third-order valence-corrected chi connectivity index (χ3v) is 7.33. The lowest BCUT2D eigenvalue weighted by Gasteiger charge is -2.50. The van der Waals surface area contributed by atoms with Crippen LogP contribution in [-0.2, 0) is 51.2 Å². The van der Waals surface area contributed by atoms with Gasteiger partial charge < -0.3 is 24.3 Å². The van der Waals surface area contributed by atoms with Crippen molar-refractivity contribution in [3.05, 3.63) is 88.2 Å². The molecular weight excluding hydrogens is 540 g/mol. The highest BCUT2D eigenvalue weighted by Gasteiger charge is 2.55. The van der Waals surface area contributed by atoms with Crippen LogP contribution in [0.3, 0.4) is 0 Å². The van der Waals surface area contributed by atoms with Crippen molar-refractivity contribution in [2.75, 3.05) is 13.7 Å². The lowest BCUT2D eigenvalue weighted by molar-refractivity contribution is -0.153. The molecule has 1 unspecified atom stereocenters. The summed E-state index contributed by atoms with van der Waals surface area (Å²) in [6, 6.07) is 14.9. The van der Waals surface area contributed by atoms with Crippen molar-refractivity contribution in [1.82, 2.24) is 10.2 Å². The zero-order valence-electron chi connectivity index (χ0n) is 21.7. The summed E-state index contributed by atoms with van der Waals surface area (Å²) in [6.07, 6.45) is 1.15. The molecule has 4 rings (SSSR count). The fourth-order valence-corrected chi connectivity index (χ4v) is 5.39. The first-order chi connectivity index (χ1) is 19.3. The van der Waals surface area contributed by atoms with E-state index in [1.165, 1.54) is 18.9 Å². The molecule has 2 aliphatic heterocycles. The lowest BCUT2D eigenvalue weighted by Crippen LogP contribution is -2.70. The van der Waals surface area contributed by atoms with Gasteiger partial charge in [0, 0.05) is 12.5 Å². The van der Waals surface area contributed by atoms with Gasteiger partial charge in [0.25, 0.3) is 12.4 Å². The highest BCUT2D eigenvalue weighted by atomic mass is 32.2. The van der Waals surface area contributed by atoms with Gasteiger partial charge in [-0.05, 0) is 23.3 Å². The Morgan fingerprint density at radius 2 is 1.73 bits per heavy atom. The van der Waals surface area contributed by atoms with Crippen LogP contribution in [0.25, 0.3) is 0 Å². The molecule has 12 heteroatoms. The molecular formula is C28H26N2O9S. The van der Waals surface area contributed by atoms with E-state index >= 15 is 0 Å². The van der Waals surface area contributed by atoms with E-state index in [2.05, 4.69) is 5.32 Å². The quantitative estimate of drug-likeness (QED) is 0.142. The molecule has 208 valence electrons. The Morgan fingerprint density at radius 1 is 1.00 bits per heavy atom. The number of β-lactam (4-membered cyclic amide) rings is 1. The van der Waals surface area contributed by atoms with Crippen LogP contribution < -0.4 is 10.1 Å². The summed E-state index contributed by atoms with van der Waals surface area (Å²) < 4.78 is 20.6. The molecule has 11 nitrogen and oxygen atoms in total. The van der Waals surface area contributed by atoms with Crippen molar-refractivity contribution < 1.29 is 42.9 Å². The van der Waals surface area contributed by atoms with Crippen molar-refractivity contribution in [1.29, 1.82) is 0 Å². The van der Waals surface area contributed by atoms with Gasteiger partial charge in [-0.15, -0.1) is 0 Å². The number of hydrogen-bond acceptors (Lipinski definition) is 10. The van der Waals surface area contributed by atoms with Crippen LogP contribution in [0, 0.1) is 0 Å². The molecule has 0 radical (unpaired) electrons. The number of nitrogens with zero attached hydrogens (tertiary/aromatic N) is 1. The summed E-state index contributed by atoms with van der Waals surface area (Å²) in [4.78, 5) is 63.4. The van der Waals surface area contributed by atoms with Crippen molar-refractivity contribution >= 4 is 42.0 Å². The number of thioether (sulfide) groups is 1. The Labute approximate surface area is 234 Å². The van der Waals surface area contributed by atoms with Crippen molar-refractivity contribution in [3.8, 4) is 5.75 Å². The Hall–Kier alpha value is -4.58. The molecule has 40 heavy (non-hydrogen) atoms. The van der Waals surface area contributed by atoms with Gasteiger partial charge in [0.2, 0.25) is 5.91 Å². The maximum Gasteiger partial charge on any atom is 0.355 e. The first-order valence-corrected chi connectivity index (χ1v) is 13.0. The van der Waals surface area contributed by atoms with Gasteiger partial charge in [0.1, 0.15) is 42.3 Å². The number of benzene rings is 2. The fraction of sp³-hybridized carbons (Fsp3) is 0.250. The molecule has 2 aliphatic rings. The van der Waals surface area contributed by atoms with Gasteiger partial charge in [-0.1, -0.05) is 54.2 Å². The number of amides is 2. The van der Waals surface area contributed by atoms with Gasteiger partial charge in [-0.2, -0.15) is 0 Å². The monoisotopic (exact) mass is 566 g/mol. The van der Waals surface area contributed by atoms with Crippen LogP contribution in [0.15, 0.2) is 77.0 Å². The third-order valence-electron chi connectivity index (χ3n) is 6.01. The highest BCUT2D eigenvalue weighted by Crippen LogP contribution is 2.47. The molecule has 2 atom stereocenters. The van der Waals surface area contributed by atoms with Gasteiger partial charge in [0.15, 0.2) is 0 Å². The van der Waals surface area contributed by atoms with Crippen LogP contribution in [-0.4, -0.2) is 60.3 Å². The number of nitrogens with one attached hydrogen (secondary N) is 1. The number of ether oxygens (including phenoxy) is 4. The number of carbonyl (C=O) groups excluding carboxylic acids is 5. The lowest BCUT2D eigenvalue weighted by atomic mass is 10.0. The van der Waals surface area contributed by atoms with E-state index < -0.39 is 29.3 Å². The summed E-state index contributed by atoms with van der Waals surface area (Å²) in [7, 11) is 1.53. The Bertz CT molecular complexity index is 1360. The molecule has 2 aromatic rings. The van der Waals surface area contributed by atoms with E-state index in [1.54, 1.807) is 48.5 Å². The average Bonchev–Trinajstić information content (AvgIpc) is 2.96. The minimum absolute atomic E-state index is 0.0588. The van der Waals surface area contributed by atoms with E-state index in [1.807, 2.05) is 6.07 Å². The number of fused-ring (bicyclic) bond motifs is 1. The van der Waals surface area contributed by atoms with Crippen LogP contribution >= 0.6 is 11.8 Å². The molecule has 2 aromatic carbocycles. The molecule has 2 heterocycles. The Morgan fingerprint density at radius 3 is 2.38 bits per heavy atom. The highest BCUT2D eigenvalue weighted by molar-refractivity contribution is 8.04. The molecule has 2 amide bonds. The smallest absolute Gasteiger partial charge is 0.355 e. The molecule has 1 saturated heterocycles. The summed E-state index contributed by atoms with van der Waals surface area (Å²) in [6.45, 7) is 0.883. The average molecular weight is 567 g/mol. The van der Waals surface area contributed by atoms with Gasteiger partial charge in [-0.25, -0.2) is 4.79 Å². The first kappa shape index (κ1) is 28.4. The molecule has 1 N–H and O–H groups in total. The molecule has 0 aliphatic carbocycles. The van der Waals surface area contributed by atoms with Gasteiger partial charge >= 0.3 is 11.9 Å². The molecule has 0 aromatic heterocycles.